The smallest absolute Gasteiger partial charge is 0.375 e. The van der Waals surface area contributed by atoms with E-state index in [1.807, 2.05) is 0 Å². The maximum Gasteiger partial charge on any atom is 0.412 e. The molecule has 0 saturated carbocycles. The van der Waals surface area contributed by atoms with Gasteiger partial charge in [0.1, 0.15) is 5.38 Å². The van der Waals surface area contributed by atoms with E-state index < -0.39 is 17.4 Å². The van der Waals surface area contributed by atoms with Gasteiger partial charge in [-0.15, -0.1) is 11.6 Å². The zero-order chi connectivity index (χ0) is 7.44. The first kappa shape index (κ1) is 8.23. The largest absolute Gasteiger partial charge is 0.412 e. The Bertz CT molecular complexity index is 134. The highest BCUT2D eigenvalue weighted by molar-refractivity contribution is 6.30. The van der Waals surface area contributed by atoms with Crippen LogP contribution in [-0.2, 0) is 9.53 Å². The molecule has 0 bridgehead atoms. The molecule has 0 fully saturated rings. The number of hydrogen-bond acceptors (Lipinski definition) is 3. The summed E-state index contributed by atoms with van der Waals surface area (Å²) in [5, 5.41) is -0.836. The lowest BCUT2D eigenvalue weighted by Crippen LogP contribution is -2.23. The van der Waals surface area contributed by atoms with E-state index in [2.05, 4.69) is 10.5 Å². The molecule has 1 atom stereocenters. The van der Waals surface area contributed by atoms with Crippen LogP contribution in [0.5, 0.6) is 0 Å². The molecule has 0 saturated heterocycles. The van der Waals surface area contributed by atoms with E-state index in [9.17, 15) is 9.59 Å². The Morgan fingerprint density at radius 3 is 2.22 bits per heavy atom. The molecule has 0 spiro atoms. The van der Waals surface area contributed by atoms with E-state index in [0.29, 0.717) is 0 Å². The standard InChI is InChI=1S/C4H6ClNO3/c1-2(5)3(7)9-4(6)8/h2H,1H3,(H2,6,8). The van der Waals surface area contributed by atoms with Crippen molar-refractivity contribution in [2.24, 2.45) is 5.73 Å². The Hall–Kier alpha value is -0.770. The molecule has 0 radical (unpaired) electrons. The number of primary amides is 1. The SMILES string of the molecule is CC(Cl)C(=O)OC(N)=O. The Kier molecular flexibility index (Phi) is 3.01. The Morgan fingerprint density at radius 1 is 1.67 bits per heavy atom. The third-order valence-electron chi connectivity index (χ3n) is 0.526. The Balaban J connectivity index is 3.64. The number of nitrogens with two attached hydrogens (primary N) is 1. The molecular weight excluding hydrogens is 146 g/mol. The summed E-state index contributed by atoms with van der Waals surface area (Å²) < 4.78 is 3.88. The molecule has 2 N–H and O–H groups in total. The van der Waals surface area contributed by atoms with Crippen molar-refractivity contribution in [3.63, 3.8) is 0 Å². The summed E-state index contributed by atoms with van der Waals surface area (Å²) in [5.74, 6) is -0.829. The van der Waals surface area contributed by atoms with E-state index in [-0.39, 0.29) is 0 Å². The highest BCUT2D eigenvalue weighted by Gasteiger charge is 2.12. The summed E-state index contributed by atoms with van der Waals surface area (Å²) in [5.41, 5.74) is 4.49. The topological polar surface area (TPSA) is 69.4 Å². The van der Waals surface area contributed by atoms with Crippen molar-refractivity contribution in [1.29, 1.82) is 0 Å². The van der Waals surface area contributed by atoms with Crippen LogP contribution in [0.25, 0.3) is 0 Å². The van der Waals surface area contributed by atoms with Crippen LogP contribution >= 0.6 is 11.6 Å². The molecule has 0 aliphatic heterocycles. The molecule has 0 heterocycles. The van der Waals surface area contributed by atoms with E-state index >= 15 is 0 Å². The molecule has 4 nitrogen and oxygen atoms in total. The number of ether oxygens (including phenoxy) is 1. The van der Waals surface area contributed by atoms with Gasteiger partial charge in [0.05, 0.1) is 0 Å². The van der Waals surface area contributed by atoms with Crippen LogP contribution in [0.2, 0.25) is 0 Å². The number of esters is 1. The first-order chi connectivity index (χ1) is 4.04. The van der Waals surface area contributed by atoms with Crippen LogP contribution < -0.4 is 5.73 Å². The zero-order valence-corrected chi connectivity index (χ0v) is 5.51. The molecule has 0 aliphatic rings. The van der Waals surface area contributed by atoms with Crippen molar-refractivity contribution in [1.82, 2.24) is 0 Å². The fourth-order valence-electron chi connectivity index (χ4n) is 0.180. The van der Waals surface area contributed by atoms with Crippen molar-refractivity contribution in [2.45, 2.75) is 12.3 Å². The van der Waals surface area contributed by atoms with Gasteiger partial charge in [0.15, 0.2) is 0 Å². The van der Waals surface area contributed by atoms with E-state index in [1.165, 1.54) is 6.92 Å². The molecule has 1 unspecified atom stereocenters. The second-order valence-electron chi connectivity index (χ2n) is 1.36. The lowest BCUT2D eigenvalue weighted by molar-refractivity contribution is -0.136. The lowest BCUT2D eigenvalue weighted by atomic mass is 10.5. The van der Waals surface area contributed by atoms with Crippen LogP contribution in [0.3, 0.4) is 0 Å². The molecule has 1 amide bonds. The fraction of sp³-hybridized carbons (Fsp3) is 0.500. The number of carbonyl (C=O) groups excluding carboxylic acids is 2. The highest BCUT2D eigenvalue weighted by atomic mass is 35.5. The summed E-state index contributed by atoms with van der Waals surface area (Å²) in [4.78, 5) is 20.1. The molecule has 0 aromatic carbocycles. The third-order valence-corrected chi connectivity index (χ3v) is 0.704. The van der Waals surface area contributed by atoms with Gasteiger partial charge in [-0.3, -0.25) is 0 Å². The van der Waals surface area contributed by atoms with Crippen LogP contribution in [0.1, 0.15) is 6.92 Å². The van der Waals surface area contributed by atoms with Crippen molar-refractivity contribution < 1.29 is 14.3 Å². The lowest BCUT2D eigenvalue weighted by Gasteiger charge is -1.98. The zero-order valence-electron chi connectivity index (χ0n) is 4.76. The number of alkyl halides is 1. The van der Waals surface area contributed by atoms with Crippen molar-refractivity contribution in [3.8, 4) is 0 Å². The first-order valence-electron chi connectivity index (χ1n) is 2.19. The van der Waals surface area contributed by atoms with E-state index in [1.54, 1.807) is 0 Å². The maximum absolute atomic E-state index is 10.3. The minimum atomic E-state index is -1.13. The molecule has 0 aromatic heterocycles. The molecule has 9 heavy (non-hydrogen) atoms. The third kappa shape index (κ3) is 3.78. The van der Waals surface area contributed by atoms with Crippen LogP contribution in [0.4, 0.5) is 4.79 Å². The summed E-state index contributed by atoms with van der Waals surface area (Å²) in [6, 6.07) is 0. The van der Waals surface area contributed by atoms with Crippen molar-refractivity contribution in [3.05, 3.63) is 0 Å². The van der Waals surface area contributed by atoms with E-state index in [4.69, 9.17) is 11.6 Å². The quantitative estimate of drug-likeness (QED) is 0.332. The summed E-state index contributed by atoms with van der Waals surface area (Å²) in [7, 11) is 0. The number of hydrogen-bond donors (Lipinski definition) is 1. The van der Waals surface area contributed by atoms with Gasteiger partial charge in [-0.2, -0.15) is 0 Å². The Labute approximate surface area is 56.9 Å². The molecule has 52 valence electrons. The Morgan fingerprint density at radius 2 is 2.11 bits per heavy atom. The van der Waals surface area contributed by atoms with Gasteiger partial charge < -0.3 is 10.5 Å². The van der Waals surface area contributed by atoms with Gasteiger partial charge in [0, 0.05) is 0 Å². The first-order valence-corrected chi connectivity index (χ1v) is 2.63. The second kappa shape index (κ2) is 3.29. The minimum Gasteiger partial charge on any atom is -0.375 e. The molecule has 0 aliphatic carbocycles. The van der Waals surface area contributed by atoms with Crippen LogP contribution in [-0.4, -0.2) is 17.4 Å². The molecule has 5 heteroatoms. The second-order valence-corrected chi connectivity index (χ2v) is 2.01. The average molecular weight is 152 g/mol. The summed E-state index contributed by atoms with van der Waals surface area (Å²) >= 11 is 5.19. The van der Waals surface area contributed by atoms with Gasteiger partial charge in [0.2, 0.25) is 0 Å². The molecule has 0 rings (SSSR count). The number of amides is 1. The van der Waals surface area contributed by atoms with Gasteiger partial charge in [0.25, 0.3) is 0 Å². The fourth-order valence-corrected chi connectivity index (χ4v) is 0.225. The number of carbonyl (C=O) groups is 2. The van der Waals surface area contributed by atoms with Gasteiger partial charge in [-0.1, -0.05) is 0 Å². The predicted octanol–water partition coefficient (Wildman–Crippen LogP) is 0.236. The van der Waals surface area contributed by atoms with Crippen molar-refractivity contribution >= 4 is 23.7 Å². The average Bonchev–Trinajstić information content (AvgIpc) is 1.63. The predicted molar refractivity (Wildman–Crippen MR) is 31.0 cm³/mol. The summed E-state index contributed by atoms with van der Waals surface area (Å²) in [6.07, 6.45) is -1.13. The summed E-state index contributed by atoms with van der Waals surface area (Å²) in [6.45, 7) is 1.38. The normalized spacial score (nSPS) is 12.2. The van der Waals surface area contributed by atoms with Gasteiger partial charge >= 0.3 is 12.1 Å². The highest BCUT2D eigenvalue weighted by Crippen LogP contribution is 1.95. The maximum atomic E-state index is 10.3. The van der Waals surface area contributed by atoms with Crippen LogP contribution in [0.15, 0.2) is 0 Å². The number of halogens is 1. The monoisotopic (exact) mass is 151 g/mol. The minimum absolute atomic E-state index is 0.829. The van der Waals surface area contributed by atoms with Gasteiger partial charge in [-0.05, 0) is 6.92 Å². The molecular formula is C4H6ClNO3. The van der Waals surface area contributed by atoms with E-state index in [0.717, 1.165) is 0 Å². The van der Waals surface area contributed by atoms with Crippen LogP contribution in [0, 0.1) is 0 Å². The molecule has 0 aromatic rings. The number of rotatable bonds is 1. The van der Waals surface area contributed by atoms with Gasteiger partial charge in [-0.25, -0.2) is 9.59 Å². The van der Waals surface area contributed by atoms with Crippen molar-refractivity contribution in [2.75, 3.05) is 0 Å².